The van der Waals surface area contributed by atoms with Crippen molar-refractivity contribution in [2.45, 2.75) is 26.7 Å². The first kappa shape index (κ1) is 13.2. The average Bonchev–Trinajstić information content (AvgIpc) is 2.39. The molecule has 4 nitrogen and oxygen atoms in total. The Labute approximate surface area is 112 Å². The van der Waals surface area contributed by atoms with E-state index in [1.165, 1.54) is 11.6 Å². The van der Waals surface area contributed by atoms with Crippen molar-refractivity contribution in [2.24, 2.45) is 0 Å². The van der Waals surface area contributed by atoms with Crippen LogP contribution in [0.3, 0.4) is 0 Å². The highest BCUT2D eigenvalue weighted by molar-refractivity contribution is 5.85. The molecule has 1 N–H and O–H groups in total. The number of carbonyl (C=O) groups is 1. The summed E-state index contributed by atoms with van der Waals surface area (Å²) in [6, 6.07) is 9.42. The number of aryl methyl sites for hydroxylation is 1. The van der Waals surface area contributed by atoms with Crippen LogP contribution in [0.4, 0.5) is 0 Å². The van der Waals surface area contributed by atoms with Gasteiger partial charge in [0.15, 0.2) is 5.69 Å². The number of rotatable bonds is 3. The lowest BCUT2D eigenvalue weighted by molar-refractivity contribution is 0.0689. The zero-order valence-corrected chi connectivity index (χ0v) is 11.2. The summed E-state index contributed by atoms with van der Waals surface area (Å²) < 4.78 is 0. The van der Waals surface area contributed by atoms with E-state index in [0.29, 0.717) is 11.6 Å². The van der Waals surface area contributed by atoms with E-state index in [0.717, 1.165) is 11.1 Å². The first-order chi connectivity index (χ1) is 8.99. The van der Waals surface area contributed by atoms with Crippen molar-refractivity contribution in [3.8, 4) is 11.3 Å². The molecule has 4 heteroatoms. The molecule has 98 valence electrons. The second kappa shape index (κ2) is 5.18. The van der Waals surface area contributed by atoms with Gasteiger partial charge in [0, 0.05) is 5.56 Å². The number of benzene rings is 1. The Balaban J connectivity index is 2.45. The molecule has 0 bridgehead atoms. The van der Waals surface area contributed by atoms with Crippen LogP contribution in [0.2, 0.25) is 0 Å². The van der Waals surface area contributed by atoms with Crippen molar-refractivity contribution in [1.82, 2.24) is 10.2 Å². The molecule has 0 radical (unpaired) electrons. The van der Waals surface area contributed by atoms with E-state index in [-0.39, 0.29) is 5.69 Å². The zero-order valence-electron chi connectivity index (χ0n) is 11.2. The molecule has 19 heavy (non-hydrogen) atoms. The van der Waals surface area contributed by atoms with Gasteiger partial charge in [-0.2, -0.15) is 0 Å². The van der Waals surface area contributed by atoms with Crippen LogP contribution in [0.5, 0.6) is 0 Å². The summed E-state index contributed by atoms with van der Waals surface area (Å²) in [6.07, 6.45) is 0. The molecule has 0 atom stereocenters. The zero-order chi connectivity index (χ0) is 14.0. The van der Waals surface area contributed by atoms with Crippen molar-refractivity contribution < 1.29 is 9.90 Å². The molecular weight excluding hydrogens is 240 g/mol. The fourth-order valence-corrected chi connectivity index (χ4v) is 1.86. The first-order valence-electron chi connectivity index (χ1n) is 6.17. The summed E-state index contributed by atoms with van der Waals surface area (Å²) in [6.45, 7) is 6.27. The van der Waals surface area contributed by atoms with Crippen LogP contribution < -0.4 is 0 Å². The molecule has 1 aromatic carbocycles. The normalized spacial score (nSPS) is 10.7. The second-order valence-corrected chi connectivity index (χ2v) is 4.84. The lowest BCUT2D eigenvalue weighted by atomic mass is 9.96. The molecule has 0 saturated heterocycles. The molecule has 0 aliphatic heterocycles. The molecular formula is C15H16N2O2. The lowest BCUT2D eigenvalue weighted by Crippen LogP contribution is -2.02. The van der Waals surface area contributed by atoms with Gasteiger partial charge < -0.3 is 5.11 Å². The SMILES string of the molecule is Cc1ccc(C(C)C)cc1-c1ccc(C(=O)O)nn1. The third-order valence-electron chi connectivity index (χ3n) is 3.09. The van der Waals surface area contributed by atoms with E-state index in [2.05, 4.69) is 42.2 Å². The van der Waals surface area contributed by atoms with Gasteiger partial charge in [-0.05, 0) is 42.2 Å². The maximum atomic E-state index is 10.8. The van der Waals surface area contributed by atoms with Crippen LogP contribution in [0, 0.1) is 6.92 Å². The van der Waals surface area contributed by atoms with Gasteiger partial charge >= 0.3 is 5.97 Å². The van der Waals surface area contributed by atoms with Crippen molar-refractivity contribution in [3.05, 3.63) is 47.2 Å². The highest BCUT2D eigenvalue weighted by Gasteiger charge is 2.10. The molecule has 1 aromatic heterocycles. The van der Waals surface area contributed by atoms with Gasteiger partial charge in [0.25, 0.3) is 0 Å². The van der Waals surface area contributed by atoms with Crippen molar-refractivity contribution >= 4 is 5.97 Å². The van der Waals surface area contributed by atoms with E-state index in [4.69, 9.17) is 5.11 Å². The van der Waals surface area contributed by atoms with Gasteiger partial charge in [-0.15, -0.1) is 10.2 Å². The van der Waals surface area contributed by atoms with Crippen LogP contribution in [-0.4, -0.2) is 21.3 Å². The minimum atomic E-state index is -1.06. The summed E-state index contributed by atoms with van der Waals surface area (Å²) in [5.74, 6) is -0.627. The summed E-state index contributed by atoms with van der Waals surface area (Å²) in [7, 11) is 0. The smallest absolute Gasteiger partial charge is 0.356 e. The van der Waals surface area contributed by atoms with Gasteiger partial charge in [-0.3, -0.25) is 0 Å². The van der Waals surface area contributed by atoms with E-state index >= 15 is 0 Å². The van der Waals surface area contributed by atoms with Crippen LogP contribution in [0.1, 0.15) is 41.4 Å². The minimum absolute atomic E-state index is 0.0404. The van der Waals surface area contributed by atoms with Gasteiger partial charge in [0.1, 0.15) is 0 Å². The number of hydrogen-bond acceptors (Lipinski definition) is 3. The number of hydrogen-bond donors (Lipinski definition) is 1. The fourth-order valence-electron chi connectivity index (χ4n) is 1.86. The molecule has 0 aliphatic carbocycles. The predicted molar refractivity (Wildman–Crippen MR) is 73.3 cm³/mol. The predicted octanol–water partition coefficient (Wildman–Crippen LogP) is 3.27. The Morgan fingerprint density at radius 1 is 1.16 bits per heavy atom. The van der Waals surface area contributed by atoms with Crippen LogP contribution in [0.25, 0.3) is 11.3 Å². The largest absolute Gasteiger partial charge is 0.476 e. The maximum Gasteiger partial charge on any atom is 0.356 e. The first-order valence-corrected chi connectivity index (χ1v) is 6.17. The van der Waals surface area contributed by atoms with Gasteiger partial charge in [0.2, 0.25) is 0 Å². The standard InChI is InChI=1S/C15H16N2O2/c1-9(2)11-5-4-10(3)12(8-11)13-6-7-14(15(18)19)17-16-13/h4-9H,1-3H3,(H,18,19). The highest BCUT2D eigenvalue weighted by atomic mass is 16.4. The highest BCUT2D eigenvalue weighted by Crippen LogP contribution is 2.25. The molecule has 2 aromatic rings. The quantitative estimate of drug-likeness (QED) is 0.915. The molecule has 0 amide bonds. The Morgan fingerprint density at radius 3 is 2.42 bits per heavy atom. The fraction of sp³-hybridized carbons (Fsp3) is 0.267. The minimum Gasteiger partial charge on any atom is -0.476 e. The average molecular weight is 256 g/mol. The number of nitrogens with zero attached hydrogens (tertiary/aromatic N) is 2. The van der Waals surface area contributed by atoms with Crippen LogP contribution >= 0.6 is 0 Å². The molecule has 2 rings (SSSR count). The van der Waals surface area contributed by atoms with E-state index in [9.17, 15) is 4.79 Å². The number of aromatic nitrogens is 2. The van der Waals surface area contributed by atoms with E-state index < -0.39 is 5.97 Å². The van der Waals surface area contributed by atoms with Gasteiger partial charge in [-0.25, -0.2) is 4.79 Å². The van der Waals surface area contributed by atoms with Crippen molar-refractivity contribution in [3.63, 3.8) is 0 Å². The summed E-state index contributed by atoms with van der Waals surface area (Å²) in [5, 5.41) is 16.5. The summed E-state index contributed by atoms with van der Waals surface area (Å²) in [5.41, 5.74) is 3.98. The van der Waals surface area contributed by atoms with Crippen molar-refractivity contribution in [1.29, 1.82) is 0 Å². The maximum absolute atomic E-state index is 10.8. The lowest BCUT2D eigenvalue weighted by Gasteiger charge is -2.10. The number of aromatic carboxylic acids is 1. The second-order valence-electron chi connectivity index (χ2n) is 4.84. The molecule has 0 aliphatic rings. The molecule has 1 heterocycles. The number of carboxylic acids is 1. The third kappa shape index (κ3) is 2.78. The van der Waals surface area contributed by atoms with E-state index in [1.807, 2.05) is 6.92 Å². The van der Waals surface area contributed by atoms with Crippen molar-refractivity contribution in [2.75, 3.05) is 0 Å². The summed E-state index contributed by atoms with van der Waals surface area (Å²) >= 11 is 0. The van der Waals surface area contributed by atoms with Crippen LogP contribution in [-0.2, 0) is 0 Å². The summed E-state index contributed by atoms with van der Waals surface area (Å²) in [4.78, 5) is 10.8. The Kier molecular flexibility index (Phi) is 3.60. The Morgan fingerprint density at radius 2 is 1.89 bits per heavy atom. The molecule has 0 saturated carbocycles. The Hall–Kier alpha value is -2.23. The third-order valence-corrected chi connectivity index (χ3v) is 3.09. The monoisotopic (exact) mass is 256 g/mol. The topological polar surface area (TPSA) is 63.1 Å². The van der Waals surface area contributed by atoms with Gasteiger partial charge in [0.05, 0.1) is 5.69 Å². The molecule has 0 fully saturated rings. The molecule has 0 spiro atoms. The van der Waals surface area contributed by atoms with E-state index in [1.54, 1.807) is 6.07 Å². The number of carboxylic acid groups (broad SMARTS) is 1. The molecule has 0 unspecified atom stereocenters. The Bertz CT molecular complexity index is 604. The van der Waals surface area contributed by atoms with Crippen LogP contribution in [0.15, 0.2) is 30.3 Å². The van der Waals surface area contributed by atoms with Gasteiger partial charge in [-0.1, -0.05) is 26.0 Å².